The summed E-state index contributed by atoms with van der Waals surface area (Å²) in [6.45, 7) is 10.4. The summed E-state index contributed by atoms with van der Waals surface area (Å²) in [5, 5.41) is 13.1. The molecule has 0 saturated carbocycles. The highest BCUT2D eigenvalue weighted by Gasteiger charge is 2.36. The number of anilines is 2. The van der Waals surface area contributed by atoms with Crippen LogP contribution in [0.5, 0.6) is 0 Å². The molecule has 2 N–H and O–H groups in total. The van der Waals surface area contributed by atoms with Crippen molar-refractivity contribution in [2.75, 3.05) is 16.8 Å². The number of carbonyl (C=O) groups excluding carboxylic acids is 2. The van der Waals surface area contributed by atoms with Gasteiger partial charge in [0.25, 0.3) is 11.8 Å². The molecule has 0 aliphatic carbocycles. The minimum atomic E-state index is -0.589. The molecule has 5 nitrogen and oxygen atoms in total. The van der Waals surface area contributed by atoms with Gasteiger partial charge in [-0.25, -0.2) is 0 Å². The van der Waals surface area contributed by atoms with E-state index in [1.807, 2.05) is 56.3 Å². The Kier molecular flexibility index (Phi) is 5.51. The van der Waals surface area contributed by atoms with Crippen LogP contribution in [0.15, 0.2) is 59.9 Å². The zero-order valence-electron chi connectivity index (χ0n) is 17.6. The number of amides is 2. The van der Waals surface area contributed by atoms with E-state index in [0.717, 1.165) is 11.1 Å². The average Bonchev–Trinajstić information content (AvgIpc) is 2.95. The number of benzene rings is 2. The molecule has 152 valence electrons. The molecule has 1 aliphatic heterocycles. The van der Waals surface area contributed by atoms with Crippen molar-refractivity contribution < 1.29 is 14.7 Å². The third-order valence-electron chi connectivity index (χ3n) is 5.16. The summed E-state index contributed by atoms with van der Waals surface area (Å²) in [7, 11) is 0. The van der Waals surface area contributed by atoms with Gasteiger partial charge in [-0.15, -0.1) is 0 Å². The van der Waals surface area contributed by atoms with Crippen LogP contribution >= 0.6 is 0 Å². The number of hydrogen-bond donors (Lipinski definition) is 2. The van der Waals surface area contributed by atoms with Crippen LogP contribution in [0.4, 0.5) is 11.4 Å². The Morgan fingerprint density at radius 3 is 2.28 bits per heavy atom. The Bertz CT molecular complexity index is 966. The second kappa shape index (κ2) is 7.74. The lowest BCUT2D eigenvalue weighted by Gasteiger charge is -2.21. The molecule has 29 heavy (non-hydrogen) atoms. The first kappa shape index (κ1) is 20.6. The SMILES string of the molecule is CC(C)c1ccccc1NC(=O)C1=C(O)CN(c2ccc(C(C)(C)C)cc2)C1=O. The molecule has 1 aliphatic rings. The quantitative estimate of drug-likeness (QED) is 0.727. The molecule has 1 heterocycles. The lowest BCUT2D eigenvalue weighted by molar-refractivity contribution is -0.119. The molecule has 2 amide bonds. The van der Waals surface area contributed by atoms with Crippen molar-refractivity contribution in [2.24, 2.45) is 0 Å². The smallest absolute Gasteiger partial charge is 0.267 e. The zero-order chi connectivity index (χ0) is 21.3. The average molecular weight is 392 g/mol. The number of aliphatic hydroxyl groups excluding tert-OH is 1. The van der Waals surface area contributed by atoms with Crippen LogP contribution in [-0.4, -0.2) is 23.5 Å². The molecular weight excluding hydrogens is 364 g/mol. The van der Waals surface area contributed by atoms with Gasteiger partial charge < -0.3 is 15.3 Å². The number of hydrogen-bond acceptors (Lipinski definition) is 3. The van der Waals surface area contributed by atoms with Crippen molar-refractivity contribution in [3.05, 3.63) is 71.0 Å². The summed E-state index contributed by atoms with van der Waals surface area (Å²) in [5.74, 6) is -1.08. The summed E-state index contributed by atoms with van der Waals surface area (Å²) in [5.41, 5.74) is 3.22. The third-order valence-corrected chi connectivity index (χ3v) is 5.16. The second-order valence-electron chi connectivity index (χ2n) is 8.71. The topological polar surface area (TPSA) is 69.6 Å². The molecule has 2 aromatic rings. The fraction of sp³-hybridized carbons (Fsp3) is 0.333. The highest BCUT2D eigenvalue weighted by Crippen LogP contribution is 2.30. The standard InChI is InChI=1S/C24H28N2O3/c1-15(2)18-8-6-7-9-19(18)25-22(28)21-20(27)14-26(23(21)29)17-12-10-16(11-13-17)24(3,4)5/h6-13,15,27H,14H2,1-5H3,(H,25,28). The largest absolute Gasteiger partial charge is 0.509 e. The van der Waals surface area contributed by atoms with Crippen LogP contribution in [0.3, 0.4) is 0 Å². The van der Waals surface area contributed by atoms with Crippen molar-refractivity contribution in [1.29, 1.82) is 0 Å². The predicted octanol–water partition coefficient (Wildman–Crippen LogP) is 4.90. The molecule has 0 atom stereocenters. The van der Waals surface area contributed by atoms with E-state index >= 15 is 0 Å². The van der Waals surface area contributed by atoms with Gasteiger partial charge in [0.15, 0.2) is 0 Å². The maximum Gasteiger partial charge on any atom is 0.267 e. The van der Waals surface area contributed by atoms with Gasteiger partial charge in [0.05, 0.1) is 6.54 Å². The number of rotatable bonds is 4. The molecule has 0 fully saturated rings. The van der Waals surface area contributed by atoms with Crippen molar-refractivity contribution in [3.63, 3.8) is 0 Å². The molecule has 2 aromatic carbocycles. The van der Waals surface area contributed by atoms with Gasteiger partial charge >= 0.3 is 0 Å². The van der Waals surface area contributed by atoms with Crippen LogP contribution in [0, 0.1) is 0 Å². The van der Waals surface area contributed by atoms with Gasteiger partial charge in [-0.05, 0) is 40.7 Å². The molecular formula is C24H28N2O3. The summed E-state index contributed by atoms with van der Waals surface area (Å²) in [6.07, 6.45) is 0. The molecule has 0 bridgehead atoms. The fourth-order valence-corrected chi connectivity index (χ4v) is 3.44. The number of aliphatic hydroxyl groups is 1. The first-order valence-electron chi connectivity index (χ1n) is 9.84. The normalized spacial score (nSPS) is 14.7. The van der Waals surface area contributed by atoms with Crippen LogP contribution in [0.25, 0.3) is 0 Å². The molecule has 5 heteroatoms. The predicted molar refractivity (Wildman–Crippen MR) is 116 cm³/mol. The Morgan fingerprint density at radius 1 is 1.07 bits per heavy atom. The van der Waals surface area contributed by atoms with E-state index < -0.39 is 11.8 Å². The first-order valence-corrected chi connectivity index (χ1v) is 9.84. The molecule has 0 spiro atoms. The van der Waals surface area contributed by atoms with Crippen molar-refractivity contribution >= 4 is 23.2 Å². The lowest BCUT2D eigenvalue weighted by atomic mass is 9.87. The summed E-state index contributed by atoms with van der Waals surface area (Å²) >= 11 is 0. The Morgan fingerprint density at radius 2 is 1.69 bits per heavy atom. The summed E-state index contributed by atoms with van der Waals surface area (Å²) in [4.78, 5) is 27.1. The maximum atomic E-state index is 12.9. The summed E-state index contributed by atoms with van der Waals surface area (Å²) < 4.78 is 0. The molecule has 3 rings (SSSR count). The van der Waals surface area contributed by atoms with E-state index in [2.05, 4.69) is 26.1 Å². The summed E-state index contributed by atoms with van der Waals surface area (Å²) in [6, 6.07) is 15.1. The zero-order valence-corrected chi connectivity index (χ0v) is 17.6. The van der Waals surface area contributed by atoms with E-state index in [-0.39, 0.29) is 29.2 Å². The van der Waals surface area contributed by atoms with Crippen LogP contribution in [-0.2, 0) is 15.0 Å². The van der Waals surface area contributed by atoms with Gasteiger partial charge in [-0.2, -0.15) is 0 Å². The van der Waals surface area contributed by atoms with E-state index in [1.165, 1.54) is 4.90 Å². The number of nitrogens with zero attached hydrogens (tertiary/aromatic N) is 1. The molecule has 0 unspecified atom stereocenters. The molecule has 0 aromatic heterocycles. The van der Waals surface area contributed by atoms with E-state index in [1.54, 1.807) is 6.07 Å². The van der Waals surface area contributed by atoms with Crippen molar-refractivity contribution in [3.8, 4) is 0 Å². The Labute approximate surface area is 172 Å². The minimum absolute atomic E-state index is 0.00277. The van der Waals surface area contributed by atoms with Crippen molar-refractivity contribution in [2.45, 2.75) is 46.0 Å². The lowest BCUT2D eigenvalue weighted by Crippen LogP contribution is -2.30. The maximum absolute atomic E-state index is 12.9. The first-order chi connectivity index (χ1) is 13.6. The van der Waals surface area contributed by atoms with Gasteiger partial charge in [0, 0.05) is 11.4 Å². The molecule has 0 saturated heterocycles. The van der Waals surface area contributed by atoms with Crippen LogP contribution < -0.4 is 10.2 Å². The van der Waals surface area contributed by atoms with Gasteiger partial charge in [0.1, 0.15) is 11.3 Å². The second-order valence-corrected chi connectivity index (χ2v) is 8.71. The van der Waals surface area contributed by atoms with E-state index in [4.69, 9.17) is 0 Å². The highest BCUT2D eigenvalue weighted by molar-refractivity contribution is 6.29. The number of para-hydroxylation sites is 1. The number of nitrogens with one attached hydrogen (secondary N) is 1. The fourth-order valence-electron chi connectivity index (χ4n) is 3.44. The van der Waals surface area contributed by atoms with Crippen LogP contribution in [0.1, 0.15) is 51.7 Å². The minimum Gasteiger partial charge on any atom is -0.509 e. The van der Waals surface area contributed by atoms with Gasteiger partial charge in [0.2, 0.25) is 0 Å². The third kappa shape index (κ3) is 4.19. The monoisotopic (exact) mass is 392 g/mol. The van der Waals surface area contributed by atoms with E-state index in [9.17, 15) is 14.7 Å². The van der Waals surface area contributed by atoms with Crippen LogP contribution in [0.2, 0.25) is 0 Å². The van der Waals surface area contributed by atoms with Gasteiger partial charge in [-0.1, -0.05) is 65.0 Å². The highest BCUT2D eigenvalue weighted by atomic mass is 16.3. The van der Waals surface area contributed by atoms with Gasteiger partial charge in [-0.3, -0.25) is 9.59 Å². The van der Waals surface area contributed by atoms with Crippen molar-refractivity contribution in [1.82, 2.24) is 0 Å². The number of carbonyl (C=O) groups is 2. The van der Waals surface area contributed by atoms with E-state index in [0.29, 0.717) is 11.4 Å². The Hall–Kier alpha value is -3.08. The Balaban J connectivity index is 1.81. The molecule has 0 radical (unpaired) electrons.